The van der Waals surface area contributed by atoms with Crippen molar-refractivity contribution >= 4 is 43.6 Å². The summed E-state index contributed by atoms with van der Waals surface area (Å²) in [5.41, 5.74) is 3.14. The highest BCUT2D eigenvalue weighted by Crippen LogP contribution is 2.47. The van der Waals surface area contributed by atoms with Crippen molar-refractivity contribution in [3.63, 3.8) is 0 Å². The number of aryl methyl sites for hydroxylation is 6. The first-order valence-corrected chi connectivity index (χ1v) is 26.8. The number of rotatable bonds is 7. The Morgan fingerprint density at radius 1 is 0.326 bits per heavy atom. The molecular weight excluding hydrogens is 1130 g/mol. The Morgan fingerprint density at radius 3 is 0.837 bits per heavy atom. The van der Waals surface area contributed by atoms with E-state index in [0.717, 1.165) is 48.5 Å². The summed E-state index contributed by atoms with van der Waals surface area (Å²) < 4.78 is 177. The Bertz CT molecular complexity index is 4320. The van der Waals surface area contributed by atoms with Crippen LogP contribution in [0, 0.1) is 52.9 Å². The number of aromatic nitrogens is 4. The van der Waals surface area contributed by atoms with E-state index in [4.69, 9.17) is 9.97 Å². The lowest BCUT2D eigenvalue weighted by molar-refractivity contribution is -0.138. The normalized spacial score (nSPS) is 12.5. The molecule has 12 aromatic rings. The van der Waals surface area contributed by atoms with Gasteiger partial charge in [-0.3, -0.25) is 0 Å². The minimum Gasteiger partial charge on any atom is -0.308 e. The van der Waals surface area contributed by atoms with Gasteiger partial charge in [0, 0.05) is 32.9 Å². The number of alkyl halides is 12. The van der Waals surface area contributed by atoms with Crippen molar-refractivity contribution in [1.82, 2.24) is 19.1 Å². The number of fused-ring (bicyclic) bond motifs is 6. The largest absolute Gasteiger partial charge is 0.416 e. The molecule has 0 saturated heterocycles. The molecule has 3 heterocycles. The number of nitrogens with zero attached hydrogens (tertiary/aromatic N) is 5. The Balaban J connectivity index is 1.25. The van der Waals surface area contributed by atoms with Crippen LogP contribution in [0.2, 0.25) is 0 Å². The topological polar surface area (TPSA) is 59.4 Å². The number of hydrogen-bond acceptors (Lipinski definition) is 3. The molecule has 0 aliphatic carbocycles. The van der Waals surface area contributed by atoms with Crippen LogP contribution in [0.4, 0.5) is 52.7 Å². The summed E-state index contributed by atoms with van der Waals surface area (Å²) in [6, 6.07) is 42.2. The van der Waals surface area contributed by atoms with Gasteiger partial charge in [0.25, 0.3) is 0 Å². The van der Waals surface area contributed by atoms with Gasteiger partial charge in [0.2, 0.25) is 0 Å². The van der Waals surface area contributed by atoms with Gasteiger partial charge in [0.1, 0.15) is 0 Å². The molecule has 0 aliphatic rings. The van der Waals surface area contributed by atoms with E-state index in [2.05, 4.69) is 6.07 Å². The van der Waals surface area contributed by atoms with Crippen LogP contribution in [0.1, 0.15) is 61.5 Å². The average Bonchev–Trinajstić information content (AvgIpc) is 1.60. The maximum absolute atomic E-state index is 14.5. The molecule has 0 amide bonds. The van der Waals surface area contributed by atoms with Crippen LogP contribution in [0.5, 0.6) is 0 Å². The predicted octanol–water partition coefficient (Wildman–Crippen LogP) is 20.8. The first-order chi connectivity index (χ1) is 40.5. The summed E-state index contributed by atoms with van der Waals surface area (Å²) in [6.07, 6.45) is -18.8. The molecule has 17 heteroatoms. The molecule has 0 bridgehead atoms. The van der Waals surface area contributed by atoms with Crippen molar-refractivity contribution in [1.29, 1.82) is 5.26 Å². The van der Waals surface area contributed by atoms with Gasteiger partial charge < -0.3 is 9.13 Å². The molecule has 0 atom stereocenters. The summed E-state index contributed by atoms with van der Waals surface area (Å²) in [7, 11) is 0. The quantitative estimate of drug-likeness (QED) is 0.149. The minimum atomic E-state index is -4.71. The highest BCUT2D eigenvalue weighted by Gasteiger charge is 2.35. The van der Waals surface area contributed by atoms with E-state index in [-0.39, 0.29) is 50.6 Å². The van der Waals surface area contributed by atoms with Crippen molar-refractivity contribution in [3.05, 3.63) is 225 Å². The van der Waals surface area contributed by atoms with E-state index in [1.54, 1.807) is 138 Å². The van der Waals surface area contributed by atoms with Gasteiger partial charge in [-0.15, -0.1) is 0 Å². The molecule has 0 spiro atoms. The van der Waals surface area contributed by atoms with E-state index in [0.29, 0.717) is 99.5 Å². The summed E-state index contributed by atoms with van der Waals surface area (Å²) >= 11 is 0. The van der Waals surface area contributed by atoms with Gasteiger partial charge in [-0.1, -0.05) is 72.8 Å². The highest BCUT2D eigenvalue weighted by atomic mass is 19.4. The second kappa shape index (κ2) is 20.2. The summed E-state index contributed by atoms with van der Waals surface area (Å²) in [4.78, 5) is 10.0. The third-order valence-corrected chi connectivity index (χ3v) is 15.4. The molecule has 12 rings (SSSR count). The monoisotopic (exact) mass is 1170 g/mol. The zero-order valence-electron chi connectivity index (χ0n) is 46.4. The molecule has 5 nitrogen and oxygen atoms in total. The van der Waals surface area contributed by atoms with Gasteiger partial charge >= 0.3 is 24.7 Å². The van der Waals surface area contributed by atoms with Crippen LogP contribution in [0.15, 0.2) is 164 Å². The number of nitriles is 1. The summed E-state index contributed by atoms with van der Waals surface area (Å²) in [5, 5.41) is 13.5. The first-order valence-electron chi connectivity index (χ1n) is 26.8. The Kier molecular flexibility index (Phi) is 13.4. The second-order valence-corrected chi connectivity index (χ2v) is 21.9. The van der Waals surface area contributed by atoms with Crippen LogP contribution in [-0.2, 0) is 24.7 Å². The molecule has 9 aromatic carbocycles. The smallest absolute Gasteiger partial charge is 0.308 e. The van der Waals surface area contributed by atoms with Gasteiger partial charge in [0.15, 0.2) is 5.82 Å². The zero-order valence-corrected chi connectivity index (χ0v) is 46.4. The fourth-order valence-electron chi connectivity index (χ4n) is 11.8. The molecule has 0 fully saturated rings. The van der Waals surface area contributed by atoms with Gasteiger partial charge in [-0.25, -0.2) is 9.97 Å². The van der Waals surface area contributed by atoms with Gasteiger partial charge in [-0.2, -0.15) is 57.9 Å². The zero-order chi connectivity index (χ0) is 61.3. The summed E-state index contributed by atoms with van der Waals surface area (Å²) in [6.45, 7) is 9.63. The molecule has 0 saturated carbocycles. The molecule has 430 valence electrons. The first kappa shape index (κ1) is 56.8. The molecule has 0 radical (unpaired) electrons. The number of hydrogen-bond donors (Lipinski definition) is 0. The van der Waals surface area contributed by atoms with E-state index in [1.165, 1.54) is 27.7 Å². The number of halogens is 12. The molecule has 3 aromatic heterocycles. The Hall–Kier alpha value is -9.69. The Morgan fingerprint density at radius 2 is 0.593 bits per heavy atom. The van der Waals surface area contributed by atoms with Crippen molar-refractivity contribution in [2.45, 2.75) is 66.2 Å². The lowest BCUT2D eigenvalue weighted by Crippen LogP contribution is -2.08. The van der Waals surface area contributed by atoms with Crippen LogP contribution >= 0.6 is 0 Å². The second-order valence-electron chi connectivity index (χ2n) is 21.9. The van der Waals surface area contributed by atoms with Crippen molar-refractivity contribution in [3.8, 4) is 73.3 Å². The van der Waals surface area contributed by atoms with Crippen molar-refractivity contribution < 1.29 is 52.7 Å². The standard InChI is InChI=1S/C69H45F12N5/c1-35-15-46(26-50(19-35)66(70,71)72)42-7-11-54-55-12-8-43(47-16-36(2)20-51(27-47)67(73,74)75)31-59(55)85(58(54)30-42)62-24-41(34-82)25-63(64(62)65-83-39(5)23-40(6)84-65)86-60-32-44(48-17-37(3)21-52(28-48)68(76,77)78)9-13-56(60)57-14-10-45(33-61(57)86)49-18-38(4)22-53(29-49)69(79,80)81/h7-33H,1-6H3. The molecule has 0 N–H and O–H groups in total. The highest BCUT2D eigenvalue weighted by molar-refractivity contribution is 6.14. The fourth-order valence-corrected chi connectivity index (χ4v) is 11.8. The van der Waals surface area contributed by atoms with E-state index in [1.807, 2.05) is 0 Å². The summed E-state index contributed by atoms with van der Waals surface area (Å²) in [5.74, 6) is 0.0885. The van der Waals surface area contributed by atoms with Crippen LogP contribution in [-0.4, -0.2) is 19.1 Å². The minimum absolute atomic E-state index is 0.0248. The molecule has 86 heavy (non-hydrogen) atoms. The predicted molar refractivity (Wildman–Crippen MR) is 311 cm³/mol. The SMILES string of the molecule is Cc1cc(-c2ccc3c4ccc(-c5cc(C)cc(C(F)(F)F)c5)cc4n(-c4cc(C#N)cc(-n5c6cc(-c7cc(C)cc(C(F)(F)F)c7)ccc6c6ccc(-c7cc(C)cc(C(F)(F)F)c7)cc65)c4-c4nc(C)cc(C)n4)c3c2)cc(C(F)(F)F)c1. The molecule has 0 aliphatic heterocycles. The van der Waals surface area contributed by atoms with Crippen molar-refractivity contribution in [2.75, 3.05) is 0 Å². The fraction of sp³-hybridized carbons (Fsp3) is 0.145. The third-order valence-electron chi connectivity index (χ3n) is 15.4. The van der Waals surface area contributed by atoms with Gasteiger partial charge in [0.05, 0.1) is 72.9 Å². The molecular formula is C69H45F12N5. The van der Waals surface area contributed by atoms with E-state index < -0.39 is 47.0 Å². The van der Waals surface area contributed by atoms with Crippen LogP contribution in [0.3, 0.4) is 0 Å². The third kappa shape index (κ3) is 10.4. The maximum Gasteiger partial charge on any atom is 0.416 e. The Labute approximate surface area is 483 Å². The maximum atomic E-state index is 14.5. The number of benzene rings is 9. The van der Waals surface area contributed by atoms with E-state index >= 15 is 0 Å². The van der Waals surface area contributed by atoms with Crippen molar-refractivity contribution in [2.24, 2.45) is 0 Å². The van der Waals surface area contributed by atoms with Crippen LogP contribution in [0.25, 0.3) is 111 Å². The van der Waals surface area contributed by atoms with E-state index in [9.17, 15) is 57.9 Å². The average molecular weight is 1170 g/mol. The lowest BCUT2D eigenvalue weighted by Gasteiger charge is -2.21. The lowest BCUT2D eigenvalue weighted by atomic mass is 9.98. The molecule has 0 unspecified atom stereocenters. The van der Waals surface area contributed by atoms with Crippen LogP contribution < -0.4 is 0 Å². The van der Waals surface area contributed by atoms with Gasteiger partial charge in [-0.05, 0) is 199 Å².